The van der Waals surface area contributed by atoms with E-state index in [9.17, 15) is 14.0 Å². The minimum Gasteiger partial charge on any atom is -0.494 e. The van der Waals surface area contributed by atoms with E-state index in [-0.39, 0.29) is 12.3 Å². The summed E-state index contributed by atoms with van der Waals surface area (Å²) in [6, 6.07) is 8.06. The number of methoxy groups -OCH3 is 1. The topological polar surface area (TPSA) is 70.7 Å². The molecule has 6 nitrogen and oxygen atoms in total. The zero-order chi connectivity index (χ0) is 18.9. The first-order valence-electron chi connectivity index (χ1n) is 8.09. The van der Waals surface area contributed by atoms with Crippen LogP contribution in [-0.2, 0) is 17.8 Å². The number of likely N-dealkylation sites (N-methyl/N-ethyl adjacent to an activating group) is 1. The normalized spacial score (nSPS) is 10.6. The molecule has 1 aromatic carbocycles. The molecule has 140 valence electrons. The molecule has 0 radical (unpaired) electrons. The standard InChI is InChI=1S/C18H22FN3O3S/c1-22(11-13-5-6-16(25-2)15(19)10-13)12-17(23)21-18(24)20-8-7-14-4-3-9-26-14/h3-6,9-10H,7-8,11-12H2,1-2H3,(H2,20,21,23,24). The first kappa shape index (κ1) is 19.9. The summed E-state index contributed by atoms with van der Waals surface area (Å²) in [6.45, 7) is 0.848. The number of nitrogens with zero attached hydrogens (tertiary/aromatic N) is 1. The lowest BCUT2D eigenvalue weighted by Gasteiger charge is -2.16. The molecule has 0 aliphatic carbocycles. The first-order valence-corrected chi connectivity index (χ1v) is 8.97. The van der Waals surface area contributed by atoms with Crippen LogP contribution < -0.4 is 15.4 Å². The fourth-order valence-electron chi connectivity index (χ4n) is 2.39. The van der Waals surface area contributed by atoms with Crippen LogP contribution in [-0.4, -0.2) is 44.1 Å². The van der Waals surface area contributed by atoms with Crippen molar-refractivity contribution in [1.29, 1.82) is 0 Å². The smallest absolute Gasteiger partial charge is 0.321 e. The summed E-state index contributed by atoms with van der Waals surface area (Å²) in [5, 5.41) is 6.91. The van der Waals surface area contributed by atoms with Gasteiger partial charge in [-0.1, -0.05) is 12.1 Å². The number of imide groups is 1. The predicted octanol–water partition coefficient (Wildman–Crippen LogP) is 2.40. The molecule has 3 amide bonds. The van der Waals surface area contributed by atoms with Gasteiger partial charge in [0.15, 0.2) is 11.6 Å². The van der Waals surface area contributed by atoms with Crippen LogP contribution in [0.5, 0.6) is 5.75 Å². The molecule has 0 atom stereocenters. The second-order valence-corrected chi connectivity index (χ2v) is 6.81. The van der Waals surface area contributed by atoms with Gasteiger partial charge in [0.05, 0.1) is 13.7 Å². The van der Waals surface area contributed by atoms with Crippen molar-refractivity contribution in [3.05, 3.63) is 52.0 Å². The number of halogens is 1. The Labute approximate surface area is 156 Å². The largest absolute Gasteiger partial charge is 0.494 e. The van der Waals surface area contributed by atoms with Crippen molar-refractivity contribution in [3.63, 3.8) is 0 Å². The summed E-state index contributed by atoms with van der Waals surface area (Å²) in [7, 11) is 3.12. The van der Waals surface area contributed by atoms with Gasteiger partial charge in [-0.3, -0.25) is 15.0 Å². The summed E-state index contributed by atoms with van der Waals surface area (Å²) >= 11 is 1.62. The van der Waals surface area contributed by atoms with Gasteiger partial charge in [0.1, 0.15) is 0 Å². The van der Waals surface area contributed by atoms with E-state index in [1.165, 1.54) is 18.1 Å². The highest BCUT2D eigenvalue weighted by Gasteiger charge is 2.12. The van der Waals surface area contributed by atoms with Gasteiger partial charge in [0.2, 0.25) is 5.91 Å². The zero-order valence-corrected chi connectivity index (χ0v) is 15.6. The fourth-order valence-corrected chi connectivity index (χ4v) is 3.09. The number of hydrogen-bond acceptors (Lipinski definition) is 5. The van der Waals surface area contributed by atoms with E-state index >= 15 is 0 Å². The number of ether oxygens (including phenoxy) is 1. The van der Waals surface area contributed by atoms with Crippen molar-refractivity contribution >= 4 is 23.3 Å². The maximum atomic E-state index is 13.7. The number of rotatable bonds is 8. The van der Waals surface area contributed by atoms with Gasteiger partial charge < -0.3 is 10.1 Å². The van der Waals surface area contributed by atoms with Crippen LogP contribution in [0.2, 0.25) is 0 Å². The SMILES string of the molecule is COc1ccc(CN(C)CC(=O)NC(=O)NCCc2cccs2)cc1F. The molecule has 0 aliphatic heterocycles. The van der Waals surface area contributed by atoms with Crippen LogP contribution in [0, 0.1) is 5.82 Å². The number of carbonyl (C=O) groups is 2. The van der Waals surface area contributed by atoms with Gasteiger partial charge in [0.25, 0.3) is 0 Å². The van der Waals surface area contributed by atoms with Gasteiger partial charge >= 0.3 is 6.03 Å². The van der Waals surface area contributed by atoms with Crippen LogP contribution in [0.4, 0.5) is 9.18 Å². The van der Waals surface area contributed by atoms with E-state index in [1.54, 1.807) is 35.4 Å². The number of urea groups is 1. The monoisotopic (exact) mass is 379 g/mol. The molecule has 0 bridgehead atoms. The molecular formula is C18H22FN3O3S. The Kier molecular flexibility index (Phi) is 7.55. The third-order valence-electron chi connectivity index (χ3n) is 3.57. The summed E-state index contributed by atoms with van der Waals surface area (Å²) in [6.07, 6.45) is 0.724. The summed E-state index contributed by atoms with van der Waals surface area (Å²) in [5.74, 6) is -0.698. The molecular weight excluding hydrogens is 357 g/mol. The third kappa shape index (κ3) is 6.45. The molecule has 0 fully saturated rings. The van der Waals surface area contributed by atoms with Crippen molar-refractivity contribution in [2.45, 2.75) is 13.0 Å². The maximum Gasteiger partial charge on any atom is 0.321 e. The summed E-state index contributed by atoms with van der Waals surface area (Å²) < 4.78 is 18.6. The van der Waals surface area contributed by atoms with Gasteiger partial charge in [-0.2, -0.15) is 0 Å². The van der Waals surface area contributed by atoms with Crippen LogP contribution >= 0.6 is 11.3 Å². The van der Waals surface area contributed by atoms with Crippen molar-refractivity contribution in [2.75, 3.05) is 27.2 Å². The predicted molar refractivity (Wildman–Crippen MR) is 98.9 cm³/mol. The molecule has 1 aromatic heterocycles. The minimum absolute atomic E-state index is 0.0198. The van der Waals surface area contributed by atoms with E-state index in [1.807, 2.05) is 17.5 Å². The molecule has 0 saturated carbocycles. The molecule has 1 heterocycles. The Bertz CT molecular complexity index is 737. The van der Waals surface area contributed by atoms with E-state index in [2.05, 4.69) is 10.6 Å². The van der Waals surface area contributed by atoms with Crippen molar-refractivity contribution in [3.8, 4) is 5.75 Å². The Hall–Kier alpha value is -2.45. The van der Waals surface area contributed by atoms with Crippen molar-refractivity contribution in [2.24, 2.45) is 0 Å². The Morgan fingerprint density at radius 2 is 2.12 bits per heavy atom. The molecule has 26 heavy (non-hydrogen) atoms. The molecule has 0 unspecified atom stereocenters. The van der Waals surface area contributed by atoms with Crippen molar-refractivity contribution < 1.29 is 18.7 Å². The third-order valence-corrected chi connectivity index (χ3v) is 4.51. The molecule has 2 aromatic rings. The van der Waals surface area contributed by atoms with E-state index < -0.39 is 17.8 Å². The number of hydrogen-bond donors (Lipinski definition) is 2. The Morgan fingerprint density at radius 3 is 2.77 bits per heavy atom. The second kappa shape index (κ2) is 9.88. The van der Waals surface area contributed by atoms with E-state index in [0.29, 0.717) is 18.7 Å². The van der Waals surface area contributed by atoms with Crippen LogP contribution in [0.15, 0.2) is 35.7 Å². The maximum absolute atomic E-state index is 13.7. The Morgan fingerprint density at radius 1 is 1.31 bits per heavy atom. The number of thiophene rings is 1. The highest BCUT2D eigenvalue weighted by Crippen LogP contribution is 2.18. The molecule has 0 spiro atoms. The number of carbonyl (C=O) groups excluding carboxylic acids is 2. The number of amides is 3. The fraction of sp³-hybridized carbons (Fsp3) is 0.333. The van der Waals surface area contributed by atoms with Crippen molar-refractivity contribution in [1.82, 2.24) is 15.5 Å². The lowest BCUT2D eigenvalue weighted by Crippen LogP contribution is -2.44. The highest BCUT2D eigenvalue weighted by molar-refractivity contribution is 7.09. The minimum atomic E-state index is -0.518. The zero-order valence-electron chi connectivity index (χ0n) is 14.8. The summed E-state index contributed by atoms with van der Waals surface area (Å²) in [4.78, 5) is 26.5. The molecule has 0 aliphatic rings. The molecule has 2 N–H and O–H groups in total. The number of nitrogens with one attached hydrogen (secondary N) is 2. The van der Waals surface area contributed by atoms with Gasteiger partial charge in [-0.15, -0.1) is 11.3 Å². The van der Waals surface area contributed by atoms with Gasteiger partial charge in [-0.05, 0) is 42.6 Å². The quantitative estimate of drug-likeness (QED) is 0.739. The number of benzene rings is 1. The molecule has 2 rings (SSSR count). The molecule has 8 heteroatoms. The lowest BCUT2D eigenvalue weighted by atomic mass is 10.2. The van der Waals surface area contributed by atoms with Crippen LogP contribution in [0.25, 0.3) is 0 Å². The van der Waals surface area contributed by atoms with E-state index in [0.717, 1.165) is 6.42 Å². The van der Waals surface area contributed by atoms with Crippen LogP contribution in [0.1, 0.15) is 10.4 Å². The second-order valence-electron chi connectivity index (χ2n) is 5.77. The highest BCUT2D eigenvalue weighted by atomic mass is 32.1. The van der Waals surface area contributed by atoms with Crippen LogP contribution in [0.3, 0.4) is 0 Å². The summed E-state index contributed by atoms with van der Waals surface area (Å²) in [5.41, 5.74) is 0.707. The van der Waals surface area contributed by atoms with Gasteiger partial charge in [-0.25, -0.2) is 9.18 Å². The van der Waals surface area contributed by atoms with Gasteiger partial charge in [0, 0.05) is 18.0 Å². The molecule has 0 saturated heterocycles. The average Bonchev–Trinajstić information content (AvgIpc) is 3.08. The Balaban J connectivity index is 1.70. The lowest BCUT2D eigenvalue weighted by molar-refractivity contribution is -0.120. The van der Waals surface area contributed by atoms with E-state index in [4.69, 9.17) is 4.74 Å². The first-order chi connectivity index (χ1) is 12.5. The average molecular weight is 379 g/mol.